The van der Waals surface area contributed by atoms with Gasteiger partial charge >= 0.3 is 33.6 Å². The molecule has 18 heteroatoms. The number of allylic oxidation sites excluding steroid dienone is 34. The Kier molecular flexibility index (Phi) is 75.3. The molecule has 0 radical (unpaired) electrons. The molecule has 0 aromatic carbocycles. The van der Waals surface area contributed by atoms with Gasteiger partial charge in [0.1, 0.15) is 25.4 Å². The lowest BCUT2D eigenvalue weighted by Gasteiger charge is -2.21. The number of esters is 3. The van der Waals surface area contributed by atoms with Crippen molar-refractivity contribution >= 4 is 33.6 Å². The topological polar surface area (TPSA) is 231 Å². The molecule has 604 valence electrons. The molecule has 16 nitrogen and oxygen atoms in total. The van der Waals surface area contributed by atoms with Gasteiger partial charge in [-0.15, -0.1) is 0 Å². The highest BCUT2D eigenvalue weighted by molar-refractivity contribution is 7.47. The average molecular weight is 1530 g/mol. The van der Waals surface area contributed by atoms with Gasteiger partial charge in [0.2, 0.25) is 0 Å². The zero-order valence-electron chi connectivity index (χ0n) is 66.0. The van der Waals surface area contributed by atoms with Crippen molar-refractivity contribution in [2.24, 2.45) is 0 Å². The lowest BCUT2D eigenvalue weighted by molar-refractivity contribution is -0.161. The van der Waals surface area contributed by atoms with Crippen LogP contribution in [0.4, 0.5) is 0 Å². The summed E-state index contributed by atoms with van der Waals surface area (Å²) >= 11 is 0. The van der Waals surface area contributed by atoms with Crippen molar-refractivity contribution in [2.45, 2.75) is 296 Å². The Labute approximate surface area is 648 Å². The summed E-state index contributed by atoms with van der Waals surface area (Å²) in [6, 6.07) is 0. The van der Waals surface area contributed by atoms with E-state index in [9.17, 15) is 43.5 Å². The molecule has 5 unspecified atom stereocenters. The zero-order chi connectivity index (χ0) is 78.0. The van der Waals surface area contributed by atoms with Gasteiger partial charge in [-0.25, -0.2) is 9.13 Å². The molecular weight excluding hydrogens is 1390 g/mol. The van der Waals surface area contributed by atoms with E-state index < -0.39 is 91.5 Å². The molecule has 0 aromatic heterocycles. The van der Waals surface area contributed by atoms with Gasteiger partial charge in [0, 0.05) is 19.3 Å². The molecule has 0 spiro atoms. The van der Waals surface area contributed by atoms with Crippen molar-refractivity contribution in [2.75, 3.05) is 39.6 Å². The Morgan fingerprint density at radius 1 is 0.262 bits per heavy atom. The fraction of sp³-hybridized carbons (Fsp3) is 0.584. The van der Waals surface area contributed by atoms with Crippen LogP contribution < -0.4 is 0 Å². The summed E-state index contributed by atoms with van der Waals surface area (Å²) in [5, 5.41) is 20.7. The molecule has 0 aromatic rings. The molecule has 0 saturated carbocycles. The Morgan fingerprint density at radius 3 is 0.776 bits per heavy atom. The predicted molar refractivity (Wildman–Crippen MR) is 444 cm³/mol. The van der Waals surface area contributed by atoms with Gasteiger partial charge in [0.15, 0.2) is 6.10 Å². The predicted octanol–water partition coefficient (Wildman–Crippen LogP) is 24.1. The Morgan fingerprint density at radius 2 is 0.486 bits per heavy atom. The Hall–Kier alpha value is -5.87. The van der Waals surface area contributed by atoms with E-state index in [0.29, 0.717) is 25.7 Å². The van der Waals surface area contributed by atoms with Gasteiger partial charge in [-0.2, -0.15) is 0 Å². The number of phosphoric ester groups is 2. The van der Waals surface area contributed by atoms with E-state index in [4.69, 9.17) is 32.3 Å². The lowest BCUT2D eigenvalue weighted by atomic mass is 10.1. The number of ether oxygens (including phenoxy) is 3. The molecule has 0 saturated heterocycles. The maximum absolute atomic E-state index is 13.0. The summed E-state index contributed by atoms with van der Waals surface area (Å²) in [6.07, 6.45) is 106. The lowest BCUT2D eigenvalue weighted by Crippen LogP contribution is -2.29. The number of carbonyl (C=O) groups excluding carboxylic acids is 3. The van der Waals surface area contributed by atoms with Gasteiger partial charge in [-0.05, 0) is 154 Å². The smallest absolute Gasteiger partial charge is 0.463 e. The molecule has 0 bridgehead atoms. The van der Waals surface area contributed by atoms with Crippen LogP contribution in [0.2, 0.25) is 0 Å². The van der Waals surface area contributed by atoms with Crippen LogP contribution in [-0.4, -0.2) is 95.9 Å². The summed E-state index contributed by atoms with van der Waals surface area (Å²) in [5.41, 5.74) is 0. The molecule has 0 fully saturated rings. The molecular formula is C89H142O16P2. The van der Waals surface area contributed by atoms with Crippen LogP contribution in [0.1, 0.15) is 278 Å². The Balaban J connectivity index is 4.73. The summed E-state index contributed by atoms with van der Waals surface area (Å²) < 4.78 is 61.1. The van der Waals surface area contributed by atoms with Crippen molar-refractivity contribution in [1.29, 1.82) is 0 Å². The van der Waals surface area contributed by atoms with Gasteiger partial charge in [0.05, 0.1) is 26.4 Å². The van der Waals surface area contributed by atoms with E-state index in [1.165, 1.54) is 44.9 Å². The average Bonchev–Trinajstić information content (AvgIpc) is 0.903. The second kappa shape index (κ2) is 79.7. The third-order valence-electron chi connectivity index (χ3n) is 16.0. The van der Waals surface area contributed by atoms with Crippen LogP contribution in [0.25, 0.3) is 0 Å². The summed E-state index contributed by atoms with van der Waals surface area (Å²) in [4.78, 5) is 58.7. The van der Waals surface area contributed by atoms with Crippen molar-refractivity contribution in [3.8, 4) is 0 Å². The number of hydrogen-bond donors (Lipinski definition) is 4. The highest BCUT2D eigenvalue weighted by atomic mass is 31.2. The molecule has 0 aliphatic heterocycles. The number of rotatable bonds is 74. The van der Waals surface area contributed by atoms with Crippen LogP contribution in [0.5, 0.6) is 0 Å². The van der Waals surface area contributed by atoms with E-state index >= 15 is 0 Å². The van der Waals surface area contributed by atoms with E-state index in [2.05, 4.69) is 209 Å². The number of carbonyl (C=O) groups is 3. The second-order valence-electron chi connectivity index (χ2n) is 26.1. The maximum Gasteiger partial charge on any atom is 0.472 e. The number of phosphoric acid groups is 2. The first-order valence-corrected chi connectivity index (χ1v) is 43.4. The van der Waals surface area contributed by atoms with Crippen LogP contribution in [0, 0.1) is 0 Å². The number of aliphatic hydroxyl groups is 2. The number of hydrogen-bond acceptors (Lipinski definition) is 14. The van der Waals surface area contributed by atoms with Crippen LogP contribution in [0.3, 0.4) is 0 Å². The minimum Gasteiger partial charge on any atom is -0.463 e. The van der Waals surface area contributed by atoms with E-state index in [1.54, 1.807) is 0 Å². The Bertz CT molecular complexity index is 2770. The summed E-state index contributed by atoms with van der Waals surface area (Å²) in [5.74, 6) is -1.70. The van der Waals surface area contributed by atoms with E-state index in [0.717, 1.165) is 167 Å². The highest BCUT2D eigenvalue weighted by Gasteiger charge is 2.29. The maximum atomic E-state index is 13.0. The quantitative estimate of drug-likeness (QED) is 0.0146. The molecule has 0 rings (SSSR count). The van der Waals surface area contributed by atoms with Crippen LogP contribution >= 0.6 is 15.6 Å². The second-order valence-corrected chi connectivity index (χ2v) is 29.0. The highest BCUT2D eigenvalue weighted by Crippen LogP contribution is 2.45. The molecule has 0 aliphatic rings. The van der Waals surface area contributed by atoms with Crippen molar-refractivity contribution in [1.82, 2.24) is 0 Å². The normalized spacial score (nSPS) is 15.0. The molecule has 107 heavy (non-hydrogen) atoms. The minimum atomic E-state index is -4.97. The number of unbranched alkanes of at least 4 members (excludes halogenated alkanes) is 17. The van der Waals surface area contributed by atoms with Gasteiger partial charge in [-0.1, -0.05) is 311 Å². The minimum absolute atomic E-state index is 0.0304. The summed E-state index contributed by atoms with van der Waals surface area (Å²) in [6.45, 7) is 2.21. The third-order valence-corrected chi connectivity index (χ3v) is 17.9. The van der Waals surface area contributed by atoms with Gasteiger partial charge in [-0.3, -0.25) is 32.5 Å². The summed E-state index contributed by atoms with van der Waals surface area (Å²) in [7, 11) is -9.84. The molecule has 0 aliphatic carbocycles. The molecule has 4 N–H and O–H groups in total. The standard InChI is InChI=1S/C89H142O16P2/c1-4-7-10-13-16-19-22-25-28-31-34-36-38-40-41-43-45-46-49-51-54-57-60-63-66-69-72-75-87(92)99-78-84(90)79-101-106(95,96)102-80-85(91)81-103-107(97,98)104-83-86(105-89(94)77-74-71-68-65-62-59-56-53-48-33-30-27-24-21-18-15-12-9-6-3)82-100-88(93)76-73-70-67-64-61-58-55-52-50-47-44-42-39-37-35-32-29-26-23-20-17-14-11-8-5-2/h7-12,16-21,25-30,34-37,40-42,44-46,48,53,59,62,68,71,84-86,90-91H,4-6,13-15,22-24,31-33,38-39,43,47,49-52,54-58,60-61,63-67,69-70,72-83H2,1-3H3,(H,95,96)(H,97,98)/b10-7-,11-8-,12-9-,19-16-,20-17-,21-18-,28-25-,29-26-,30-27-,36-34-,37-35-,41-40-,44-42-,46-45-,53-48-,62-59-,71-68-. The zero-order valence-corrected chi connectivity index (χ0v) is 67.8. The van der Waals surface area contributed by atoms with E-state index in [1.807, 2.05) is 18.2 Å². The van der Waals surface area contributed by atoms with Crippen LogP contribution in [-0.2, 0) is 55.8 Å². The SMILES string of the molecule is CC/C=C\C/C=C\C/C=C\C/C=C\C/C=C\C/C=C\CCCCCCCCCCC(=O)OCC(O)COP(=O)(O)OCC(O)COP(=O)(O)OCC(COC(=O)CCCCCCCCCCC/C=C\C/C=C\C/C=C\C/C=C\C/C=C\CC)OC(=O)CC/C=C\C/C=C\C/C=C\C/C=C\C/C=C\C/C=C\CC. The molecule has 0 amide bonds. The molecule has 0 heterocycles. The first-order chi connectivity index (χ1) is 52.2. The fourth-order valence-electron chi connectivity index (χ4n) is 9.98. The van der Waals surface area contributed by atoms with E-state index in [-0.39, 0.29) is 19.3 Å². The molecule has 5 atom stereocenters. The monoisotopic (exact) mass is 1530 g/mol. The van der Waals surface area contributed by atoms with Crippen molar-refractivity contribution in [3.63, 3.8) is 0 Å². The third kappa shape index (κ3) is 81.0. The van der Waals surface area contributed by atoms with Gasteiger partial charge in [0.25, 0.3) is 0 Å². The number of aliphatic hydroxyl groups excluding tert-OH is 2. The first kappa shape index (κ1) is 101. The largest absolute Gasteiger partial charge is 0.472 e. The fourth-order valence-corrected chi connectivity index (χ4v) is 11.6. The van der Waals surface area contributed by atoms with Crippen molar-refractivity contribution < 1.29 is 75.8 Å². The van der Waals surface area contributed by atoms with Crippen LogP contribution in [0.15, 0.2) is 207 Å². The van der Waals surface area contributed by atoms with Gasteiger partial charge < -0.3 is 34.2 Å². The first-order valence-electron chi connectivity index (χ1n) is 40.4. The van der Waals surface area contributed by atoms with Crippen molar-refractivity contribution in [3.05, 3.63) is 207 Å².